The zero-order chi connectivity index (χ0) is 20.3. The molecule has 0 N–H and O–H groups in total. The van der Waals surface area contributed by atoms with Gasteiger partial charge in [0, 0.05) is 31.1 Å². The molecule has 1 aliphatic heterocycles. The second-order valence-corrected chi connectivity index (χ2v) is 7.85. The van der Waals surface area contributed by atoms with E-state index >= 15 is 0 Å². The highest BCUT2D eigenvalue weighted by Gasteiger charge is 2.30. The molecule has 1 aromatic carbocycles. The average Bonchev–Trinajstić information content (AvgIpc) is 3.02. The van der Waals surface area contributed by atoms with E-state index in [1.54, 1.807) is 4.90 Å². The Labute approximate surface area is 162 Å². The molecule has 0 aliphatic carbocycles. The lowest BCUT2D eigenvalue weighted by Crippen LogP contribution is -2.46. The summed E-state index contributed by atoms with van der Waals surface area (Å²) in [6, 6.07) is 4.24. The minimum absolute atomic E-state index is 0.0362. The van der Waals surface area contributed by atoms with Crippen molar-refractivity contribution in [1.29, 1.82) is 0 Å². The number of nitro benzene ring substituents is 1. The van der Waals surface area contributed by atoms with Crippen molar-refractivity contribution in [1.82, 2.24) is 9.88 Å². The number of ether oxygens (including phenoxy) is 2. The third kappa shape index (κ3) is 4.90. The Balaban J connectivity index is 1.59. The minimum atomic E-state index is -0.531. The molecule has 152 valence electrons. The molecule has 1 aliphatic rings. The van der Waals surface area contributed by atoms with Gasteiger partial charge in [-0.1, -0.05) is 0 Å². The highest BCUT2D eigenvalue weighted by Crippen LogP contribution is 2.26. The quantitative estimate of drug-likeness (QED) is 0.552. The number of likely N-dealkylation sites (tertiary alicyclic amines) is 1. The monoisotopic (exact) mass is 391 g/mol. The summed E-state index contributed by atoms with van der Waals surface area (Å²) < 4.78 is 16.6. The van der Waals surface area contributed by atoms with Crippen LogP contribution in [0.4, 0.5) is 10.5 Å². The van der Waals surface area contributed by atoms with E-state index in [-0.39, 0.29) is 23.9 Å². The lowest BCUT2D eigenvalue weighted by Gasteiger charge is -2.36. The number of hydrogen-bond donors (Lipinski definition) is 0. The highest BCUT2D eigenvalue weighted by molar-refractivity contribution is 5.75. The molecular weight excluding hydrogens is 366 g/mol. The van der Waals surface area contributed by atoms with E-state index < -0.39 is 10.5 Å². The molecule has 0 spiro atoms. The van der Waals surface area contributed by atoms with Crippen molar-refractivity contribution < 1.29 is 23.6 Å². The maximum absolute atomic E-state index is 12.4. The Bertz CT molecular complexity index is 857. The maximum atomic E-state index is 12.4. The molecule has 1 atom stereocenters. The van der Waals surface area contributed by atoms with Crippen molar-refractivity contribution in [2.75, 3.05) is 13.2 Å². The number of hydrogen-bond acceptors (Lipinski definition) is 7. The van der Waals surface area contributed by atoms with Gasteiger partial charge in [-0.2, -0.15) is 4.98 Å². The van der Waals surface area contributed by atoms with Gasteiger partial charge >= 0.3 is 12.2 Å². The Morgan fingerprint density at radius 1 is 1.39 bits per heavy atom. The molecule has 1 fully saturated rings. The number of piperidine rings is 1. The molecule has 1 saturated heterocycles. The summed E-state index contributed by atoms with van der Waals surface area (Å²) in [6.45, 7) is 6.55. The van der Waals surface area contributed by atoms with Gasteiger partial charge in [-0.25, -0.2) is 4.79 Å². The highest BCUT2D eigenvalue weighted by atomic mass is 16.6. The Morgan fingerprint density at radius 2 is 2.18 bits per heavy atom. The van der Waals surface area contributed by atoms with Crippen LogP contribution in [-0.2, 0) is 4.74 Å². The van der Waals surface area contributed by atoms with Crippen LogP contribution in [-0.4, -0.2) is 45.7 Å². The minimum Gasteiger partial charge on any atom is -0.450 e. The number of fused-ring (bicyclic) bond motifs is 1. The Hall–Kier alpha value is -2.84. The first kappa shape index (κ1) is 19.9. The van der Waals surface area contributed by atoms with E-state index in [0.29, 0.717) is 30.7 Å². The van der Waals surface area contributed by atoms with Crippen LogP contribution in [0, 0.1) is 10.1 Å². The van der Waals surface area contributed by atoms with Crippen LogP contribution in [0.5, 0.6) is 6.08 Å². The van der Waals surface area contributed by atoms with E-state index in [1.165, 1.54) is 18.2 Å². The van der Waals surface area contributed by atoms with Crippen molar-refractivity contribution in [3.8, 4) is 6.08 Å². The first-order valence-corrected chi connectivity index (χ1v) is 9.40. The number of rotatable bonds is 5. The largest absolute Gasteiger partial charge is 0.450 e. The topological polar surface area (TPSA) is 108 Å². The molecule has 0 bridgehead atoms. The number of carbonyl (C=O) groups is 1. The number of aromatic nitrogens is 1. The second kappa shape index (κ2) is 8.04. The van der Waals surface area contributed by atoms with Crippen LogP contribution in [0.15, 0.2) is 22.6 Å². The molecule has 1 amide bonds. The summed E-state index contributed by atoms with van der Waals surface area (Å²) >= 11 is 0. The fraction of sp³-hybridized carbons (Fsp3) is 0.579. The standard InChI is InChI=1S/C19H25N3O6/c1-19(2,3)28-18(23)21-10-5-4-6-13(21)9-11-26-17-20-15-12-14(22(24)25)7-8-16(15)27-17/h7-8,12-13H,4-6,9-11H2,1-3H3/t13-/m0/s1. The van der Waals surface area contributed by atoms with Crippen LogP contribution in [0.1, 0.15) is 46.5 Å². The van der Waals surface area contributed by atoms with Gasteiger partial charge in [0.05, 0.1) is 11.5 Å². The smallest absolute Gasteiger partial charge is 0.410 e. The lowest BCUT2D eigenvalue weighted by atomic mass is 10.0. The summed E-state index contributed by atoms with van der Waals surface area (Å²) in [5, 5.41) is 10.8. The molecule has 0 radical (unpaired) electrons. The Kier molecular flexibility index (Phi) is 5.71. The van der Waals surface area contributed by atoms with Gasteiger partial charge in [-0.3, -0.25) is 10.1 Å². The molecule has 0 unspecified atom stereocenters. The van der Waals surface area contributed by atoms with Gasteiger partial charge in [-0.05, 0) is 46.1 Å². The maximum Gasteiger partial charge on any atom is 0.410 e. The van der Waals surface area contributed by atoms with Crippen LogP contribution < -0.4 is 4.74 Å². The zero-order valence-corrected chi connectivity index (χ0v) is 16.3. The summed E-state index contributed by atoms with van der Waals surface area (Å²) in [7, 11) is 0. The van der Waals surface area contributed by atoms with E-state index in [9.17, 15) is 14.9 Å². The summed E-state index contributed by atoms with van der Waals surface area (Å²) in [4.78, 5) is 28.7. The third-order valence-corrected chi connectivity index (χ3v) is 4.49. The van der Waals surface area contributed by atoms with Gasteiger partial charge in [0.15, 0.2) is 5.58 Å². The van der Waals surface area contributed by atoms with E-state index in [4.69, 9.17) is 13.9 Å². The van der Waals surface area contributed by atoms with Gasteiger partial charge in [0.25, 0.3) is 5.69 Å². The first-order chi connectivity index (χ1) is 13.2. The van der Waals surface area contributed by atoms with E-state index in [2.05, 4.69) is 4.98 Å². The summed E-state index contributed by atoms with van der Waals surface area (Å²) in [6.07, 6.45) is 3.29. The third-order valence-electron chi connectivity index (χ3n) is 4.49. The predicted octanol–water partition coefficient (Wildman–Crippen LogP) is 4.29. The zero-order valence-electron chi connectivity index (χ0n) is 16.3. The van der Waals surface area contributed by atoms with Crippen molar-refractivity contribution >= 4 is 22.9 Å². The average molecular weight is 391 g/mol. The molecule has 3 rings (SSSR count). The normalized spacial score (nSPS) is 17.5. The fourth-order valence-corrected chi connectivity index (χ4v) is 3.21. The van der Waals surface area contributed by atoms with Gasteiger partial charge in [0.1, 0.15) is 11.1 Å². The molecule has 9 heteroatoms. The van der Waals surface area contributed by atoms with Crippen molar-refractivity contribution in [2.24, 2.45) is 0 Å². The predicted molar refractivity (Wildman–Crippen MR) is 101 cm³/mol. The number of benzene rings is 1. The number of oxazole rings is 1. The van der Waals surface area contributed by atoms with Gasteiger partial charge < -0.3 is 18.8 Å². The van der Waals surface area contributed by atoms with E-state index in [0.717, 1.165) is 19.3 Å². The molecule has 1 aromatic heterocycles. The van der Waals surface area contributed by atoms with Crippen LogP contribution >= 0.6 is 0 Å². The van der Waals surface area contributed by atoms with Crippen molar-refractivity contribution in [2.45, 2.75) is 58.1 Å². The van der Waals surface area contributed by atoms with Gasteiger partial charge in [-0.15, -0.1) is 0 Å². The first-order valence-electron chi connectivity index (χ1n) is 9.40. The number of carbonyl (C=O) groups excluding carboxylic acids is 1. The summed E-state index contributed by atoms with van der Waals surface area (Å²) in [5.74, 6) is 0. The fourth-order valence-electron chi connectivity index (χ4n) is 3.21. The van der Waals surface area contributed by atoms with Crippen LogP contribution in [0.3, 0.4) is 0 Å². The number of nitro groups is 1. The molecule has 28 heavy (non-hydrogen) atoms. The number of non-ortho nitro benzene ring substituents is 1. The van der Waals surface area contributed by atoms with Crippen LogP contribution in [0.25, 0.3) is 11.1 Å². The molecule has 0 saturated carbocycles. The molecule has 2 heterocycles. The SMILES string of the molecule is CC(C)(C)OC(=O)N1CCCC[C@H]1CCOc1nc2cc([N+](=O)[O-])ccc2o1. The number of nitrogens with zero attached hydrogens (tertiary/aromatic N) is 3. The van der Waals surface area contributed by atoms with E-state index in [1.807, 2.05) is 20.8 Å². The van der Waals surface area contributed by atoms with Crippen molar-refractivity contribution in [3.05, 3.63) is 28.3 Å². The second-order valence-electron chi connectivity index (χ2n) is 7.85. The van der Waals surface area contributed by atoms with Gasteiger partial charge in [0.2, 0.25) is 0 Å². The molecule has 9 nitrogen and oxygen atoms in total. The summed E-state index contributed by atoms with van der Waals surface area (Å²) in [5.41, 5.74) is 0.213. The van der Waals surface area contributed by atoms with Crippen LogP contribution in [0.2, 0.25) is 0 Å². The molecular formula is C19H25N3O6. The lowest BCUT2D eigenvalue weighted by molar-refractivity contribution is -0.384. The molecule has 2 aromatic rings. The number of amides is 1. The Morgan fingerprint density at radius 3 is 2.89 bits per heavy atom. The van der Waals surface area contributed by atoms with Crippen molar-refractivity contribution in [3.63, 3.8) is 0 Å².